The van der Waals surface area contributed by atoms with E-state index >= 15 is 0 Å². The molecule has 0 saturated carbocycles. The summed E-state index contributed by atoms with van der Waals surface area (Å²) in [5.41, 5.74) is 1.91. The molecular weight excluding hydrogens is 362 g/mol. The molecule has 0 bridgehead atoms. The molecule has 6 heteroatoms. The van der Waals surface area contributed by atoms with Gasteiger partial charge >= 0.3 is 0 Å². The number of aromatic nitrogens is 2. The number of unbranched alkanes of at least 4 members (excludes halogenated alkanes) is 1. The van der Waals surface area contributed by atoms with Crippen LogP contribution >= 0.6 is 0 Å². The number of benzene rings is 1. The fourth-order valence-electron chi connectivity index (χ4n) is 3.29. The quantitative estimate of drug-likeness (QED) is 0.608. The lowest BCUT2D eigenvalue weighted by Gasteiger charge is -2.29. The van der Waals surface area contributed by atoms with Gasteiger partial charge in [0.15, 0.2) is 11.7 Å². The molecule has 0 saturated heterocycles. The van der Waals surface area contributed by atoms with Crippen LogP contribution in [-0.4, -0.2) is 35.5 Å². The van der Waals surface area contributed by atoms with E-state index in [-0.39, 0.29) is 5.91 Å². The molecule has 1 atom stereocenters. The number of nitrogens with zero attached hydrogens (tertiary/aromatic N) is 4. The Morgan fingerprint density at radius 2 is 1.69 bits per heavy atom. The lowest BCUT2D eigenvalue weighted by Crippen LogP contribution is -2.35. The summed E-state index contributed by atoms with van der Waals surface area (Å²) in [5.74, 6) is 0.174. The van der Waals surface area contributed by atoms with Gasteiger partial charge < -0.3 is 10.2 Å². The first-order valence-corrected chi connectivity index (χ1v) is 10.6. The number of carbonyl (C=O) groups excluding carboxylic acids is 1. The minimum atomic E-state index is -0.985. The van der Waals surface area contributed by atoms with Gasteiger partial charge in [0.05, 0.1) is 17.1 Å². The van der Waals surface area contributed by atoms with Crippen LogP contribution in [0.2, 0.25) is 0 Å². The van der Waals surface area contributed by atoms with Crippen molar-refractivity contribution >= 4 is 22.8 Å². The van der Waals surface area contributed by atoms with Crippen LogP contribution < -0.4 is 10.2 Å². The van der Waals surface area contributed by atoms with Crippen LogP contribution in [0.3, 0.4) is 0 Å². The summed E-state index contributed by atoms with van der Waals surface area (Å²) in [6, 6.07) is 9.78. The molecule has 2 rings (SSSR count). The minimum absolute atomic E-state index is 0.305. The van der Waals surface area contributed by atoms with E-state index in [1.54, 1.807) is 0 Å². The molecule has 1 N–H and O–H groups in total. The molecule has 0 spiro atoms. The van der Waals surface area contributed by atoms with E-state index in [2.05, 4.69) is 50.9 Å². The SMILES string of the molecule is CCCCNC(=O)[C@H](C#N)c1nc2ccccc2nc1N(CC(C)C)CC(C)C. The van der Waals surface area contributed by atoms with Gasteiger partial charge in [0.2, 0.25) is 5.91 Å². The molecule has 29 heavy (non-hydrogen) atoms. The number of nitrogens with one attached hydrogen (secondary N) is 1. The maximum Gasteiger partial charge on any atom is 0.243 e. The first kappa shape index (κ1) is 22.6. The molecule has 1 amide bonds. The second-order valence-corrected chi connectivity index (χ2v) is 8.32. The van der Waals surface area contributed by atoms with Crippen molar-refractivity contribution in [2.24, 2.45) is 11.8 Å². The zero-order valence-corrected chi connectivity index (χ0v) is 18.3. The molecule has 0 aliphatic carbocycles. The van der Waals surface area contributed by atoms with Crippen molar-refractivity contribution in [1.82, 2.24) is 15.3 Å². The largest absolute Gasteiger partial charge is 0.355 e. The van der Waals surface area contributed by atoms with Gasteiger partial charge in [0.1, 0.15) is 5.69 Å². The molecule has 1 aromatic carbocycles. The topological polar surface area (TPSA) is 81.9 Å². The third kappa shape index (κ3) is 6.15. The standard InChI is InChI=1S/C23H33N5O/c1-6-7-12-25-23(29)18(13-24)21-22(28(14-16(2)3)15-17(4)5)27-20-11-9-8-10-19(20)26-21/h8-11,16-18H,6-7,12,14-15H2,1-5H3,(H,25,29)/t18-/m1/s1. The highest BCUT2D eigenvalue weighted by molar-refractivity contribution is 5.88. The first-order chi connectivity index (χ1) is 13.9. The predicted octanol–water partition coefficient (Wildman–Crippen LogP) is 4.27. The van der Waals surface area contributed by atoms with Crippen LogP contribution in [0.15, 0.2) is 24.3 Å². The molecule has 1 aromatic heterocycles. The average molecular weight is 396 g/mol. The van der Waals surface area contributed by atoms with Crippen LogP contribution in [0.4, 0.5) is 5.82 Å². The molecular formula is C23H33N5O. The van der Waals surface area contributed by atoms with Gasteiger partial charge in [-0.15, -0.1) is 0 Å². The van der Waals surface area contributed by atoms with E-state index in [0.717, 1.165) is 31.4 Å². The minimum Gasteiger partial charge on any atom is -0.355 e. The molecule has 0 fully saturated rings. The Morgan fingerprint density at radius 1 is 1.10 bits per heavy atom. The van der Waals surface area contributed by atoms with Crippen molar-refractivity contribution in [2.45, 2.75) is 53.4 Å². The number of hydrogen-bond donors (Lipinski definition) is 1. The summed E-state index contributed by atoms with van der Waals surface area (Å²) in [7, 11) is 0. The van der Waals surface area contributed by atoms with Gasteiger partial charge in [-0.3, -0.25) is 4.79 Å². The summed E-state index contributed by atoms with van der Waals surface area (Å²) < 4.78 is 0. The third-order valence-corrected chi connectivity index (χ3v) is 4.54. The van der Waals surface area contributed by atoms with Crippen LogP contribution in [0.5, 0.6) is 0 Å². The van der Waals surface area contributed by atoms with Gasteiger partial charge in [0, 0.05) is 19.6 Å². The van der Waals surface area contributed by atoms with Crippen molar-refractivity contribution < 1.29 is 4.79 Å². The molecule has 2 aromatic rings. The van der Waals surface area contributed by atoms with Gasteiger partial charge in [-0.2, -0.15) is 5.26 Å². The van der Waals surface area contributed by atoms with Crippen molar-refractivity contribution in [1.29, 1.82) is 5.26 Å². The third-order valence-electron chi connectivity index (χ3n) is 4.54. The molecule has 0 aliphatic heterocycles. The van der Waals surface area contributed by atoms with E-state index in [1.807, 2.05) is 24.3 Å². The smallest absolute Gasteiger partial charge is 0.243 e. The Labute approximate surface area is 174 Å². The number of rotatable bonds is 10. The average Bonchev–Trinajstić information content (AvgIpc) is 2.67. The Kier molecular flexibility index (Phi) is 8.38. The highest BCUT2D eigenvalue weighted by Gasteiger charge is 2.29. The Balaban J connectivity index is 2.56. The summed E-state index contributed by atoms with van der Waals surface area (Å²) in [5, 5.41) is 12.7. The molecule has 6 nitrogen and oxygen atoms in total. The van der Waals surface area contributed by atoms with Crippen LogP contribution in [0, 0.1) is 23.2 Å². The number of anilines is 1. The predicted molar refractivity (Wildman–Crippen MR) is 118 cm³/mol. The van der Waals surface area contributed by atoms with Crippen LogP contribution in [-0.2, 0) is 4.79 Å². The lowest BCUT2D eigenvalue weighted by atomic mass is 10.0. The second kappa shape index (κ2) is 10.8. The van der Waals surface area contributed by atoms with Crippen molar-refractivity contribution in [3.8, 4) is 6.07 Å². The zero-order valence-electron chi connectivity index (χ0n) is 18.3. The molecule has 1 heterocycles. The van der Waals surface area contributed by atoms with E-state index < -0.39 is 5.92 Å². The van der Waals surface area contributed by atoms with Gasteiger partial charge in [-0.1, -0.05) is 53.2 Å². The van der Waals surface area contributed by atoms with E-state index in [4.69, 9.17) is 9.97 Å². The van der Waals surface area contributed by atoms with Crippen molar-refractivity contribution in [3.05, 3.63) is 30.0 Å². The lowest BCUT2D eigenvalue weighted by molar-refractivity contribution is -0.121. The summed E-state index contributed by atoms with van der Waals surface area (Å²) in [6.07, 6.45) is 1.86. The van der Waals surface area contributed by atoms with Gasteiger partial charge in [0.25, 0.3) is 0 Å². The Morgan fingerprint density at radius 3 is 2.21 bits per heavy atom. The fraction of sp³-hybridized carbons (Fsp3) is 0.565. The van der Waals surface area contributed by atoms with E-state index in [1.165, 1.54) is 0 Å². The number of para-hydroxylation sites is 2. The highest BCUT2D eigenvalue weighted by Crippen LogP contribution is 2.28. The maximum atomic E-state index is 12.8. The summed E-state index contributed by atoms with van der Waals surface area (Å²) in [6.45, 7) is 12.8. The number of nitriles is 1. The zero-order chi connectivity index (χ0) is 21.4. The summed E-state index contributed by atoms with van der Waals surface area (Å²) >= 11 is 0. The molecule has 0 radical (unpaired) electrons. The maximum absolute atomic E-state index is 12.8. The number of amides is 1. The monoisotopic (exact) mass is 395 g/mol. The van der Waals surface area contributed by atoms with Gasteiger partial charge in [-0.25, -0.2) is 9.97 Å². The van der Waals surface area contributed by atoms with Crippen molar-refractivity contribution in [3.63, 3.8) is 0 Å². The van der Waals surface area contributed by atoms with Gasteiger partial charge in [-0.05, 0) is 30.4 Å². The molecule has 156 valence electrons. The van der Waals surface area contributed by atoms with Crippen molar-refractivity contribution in [2.75, 3.05) is 24.5 Å². The van der Waals surface area contributed by atoms with Crippen LogP contribution in [0.25, 0.3) is 11.0 Å². The highest BCUT2D eigenvalue weighted by atomic mass is 16.1. The first-order valence-electron chi connectivity index (χ1n) is 10.6. The Bertz CT molecular complexity index is 846. The molecule has 0 unspecified atom stereocenters. The number of hydrogen-bond acceptors (Lipinski definition) is 5. The number of fused-ring (bicyclic) bond motifs is 1. The second-order valence-electron chi connectivity index (χ2n) is 8.32. The Hall–Kier alpha value is -2.68. The van der Waals surface area contributed by atoms with E-state index in [9.17, 15) is 10.1 Å². The molecule has 0 aliphatic rings. The van der Waals surface area contributed by atoms with Crippen LogP contribution in [0.1, 0.15) is 59.1 Å². The fourth-order valence-corrected chi connectivity index (χ4v) is 3.29. The van der Waals surface area contributed by atoms with E-state index in [0.29, 0.717) is 35.4 Å². The normalized spacial score (nSPS) is 12.2. The summed E-state index contributed by atoms with van der Waals surface area (Å²) in [4.78, 5) is 24.6. The number of carbonyl (C=O) groups is 1.